The number of carbonyl (C=O) groups is 2. The van der Waals surface area contributed by atoms with Crippen LogP contribution in [-0.4, -0.2) is 51.6 Å². The minimum Gasteiger partial charge on any atom is -0.462 e. The Morgan fingerprint density at radius 2 is 1.73 bits per heavy atom. The second kappa shape index (κ2) is 7.47. The molecule has 6 heteroatoms. The van der Waals surface area contributed by atoms with Gasteiger partial charge in [0.25, 0.3) is 5.91 Å². The molecule has 1 aromatic carbocycles. The van der Waals surface area contributed by atoms with Gasteiger partial charge in [-0.2, -0.15) is 0 Å². The van der Waals surface area contributed by atoms with Crippen LogP contribution < -0.4 is 0 Å². The highest BCUT2D eigenvalue weighted by molar-refractivity contribution is 8.21. The zero-order chi connectivity index (χ0) is 18.1. The van der Waals surface area contributed by atoms with Crippen molar-refractivity contribution in [2.24, 2.45) is 11.8 Å². The van der Waals surface area contributed by atoms with E-state index in [0.717, 1.165) is 31.5 Å². The summed E-state index contributed by atoms with van der Waals surface area (Å²) in [6, 6.07) is 9.57. The number of hydrogen-bond acceptors (Lipinski definition) is 5. The van der Waals surface area contributed by atoms with Crippen LogP contribution in [0.4, 0.5) is 0 Å². The highest BCUT2D eigenvalue weighted by atomic mass is 32.2. The predicted molar refractivity (Wildman–Crippen MR) is 106 cm³/mol. The average Bonchev–Trinajstić information content (AvgIpc) is 3.12. The van der Waals surface area contributed by atoms with Crippen LogP contribution in [0.3, 0.4) is 0 Å². The molecule has 1 aromatic rings. The summed E-state index contributed by atoms with van der Waals surface area (Å²) in [6.07, 6.45) is 2.19. The Morgan fingerprint density at radius 3 is 2.31 bits per heavy atom. The molecule has 0 unspecified atom stereocenters. The van der Waals surface area contributed by atoms with Crippen molar-refractivity contribution in [1.29, 1.82) is 0 Å². The first-order valence-electron chi connectivity index (χ1n) is 9.44. The molecule has 4 rings (SSSR count). The van der Waals surface area contributed by atoms with Crippen molar-refractivity contribution >= 4 is 35.4 Å². The third-order valence-electron chi connectivity index (χ3n) is 5.75. The first kappa shape index (κ1) is 18.2. The number of nitrogens with zero attached hydrogens (tertiary/aromatic N) is 1. The fourth-order valence-electron chi connectivity index (χ4n) is 4.61. The van der Waals surface area contributed by atoms with E-state index in [-0.39, 0.29) is 22.1 Å². The lowest BCUT2D eigenvalue weighted by Gasteiger charge is -2.54. The Balaban J connectivity index is 1.54. The molecular formula is C20H25NO3S2. The highest BCUT2D eigenvalue weighted by Crippen LogP contribution is 2.61. The van der Waals surface area contributed by atoms with Crippen LogP contribution in [0.25, 0.3) is 0 Å². The van der Waals surface area contributed by atoms with Crippen LogP contribution in [0, 0.1) is 11.8 Å². The summed E-state index contributed by atoms with van der Waals surface area (Å²) in [5.74, 6) is 3.16. The molecule has 2 atom stereocenters. The lowest BCUT2D eigenvalue weighted by atomic mass is 9.75. The normalized spacial score (nSPS) is 29.6. The molecule has 1 amide bonds. The maximum atomic E-state index is 13.0. The van der Waals surface area contributed by atoms with Crippen LogP contribution in [0.5, 0.6) is 0 Å². The van der Waals surface area contributed by atoms with Gasteiger partial charge in [-0.25, -0.2) is 0 Å². The van der Waals surface area contributed by atoms with Gasteiger partial charge in [-0.05, 0) is 25.0 Å². The number of benzene rings is 1. The second-order valence-electron chi connectivity index (χ2n) is 7.33. The summed E-state index contributed by atoms with van der Waals surface area (Å²) in [5.41, 5.74) is 0.766. The summed E-state index contributed by atoms with van der Waals surface area (Å²) in [5, 5.41) is 0. The number of rotatable bonds is 3. The molecule has 2 heterocycles. The molecule has 4 nitrogen and oxygen atoms in total. The summed E-state index contributed by atoms with van der Waals surface area (Å²) in [4.78, 5) is 26.8. The maximum Gasteiger partial charge on any atom is 0.305 e. The molecule has 1 aliphatic carbocycles. The number of amides is 1. The molecule has 2 saturated heterocycles. The summed E-state index contributed by atoms with van der Waals surface area (Å²) >= 11 is 4.16. The number of carbonyl (C=O) groups excluding carboxylic acids is 2. The number of thioether (sulfide) groups is 2. The van der Waals surface area contributed by atoms with Gasteiger partial charge in [0, 0.05) is 48.4 Å². The summed E-state index contributed by atoms with van der Waals surface area (Å²) in [7, 11) is 0. The molecule has 0 radical (unpaired) electrons. The quantitative estimate of drug-likeness (QED) is 0.736. The first-order chi connectivity index (χ1) is 12.6. The van der Waals surface area contributed by atoms with Crippen molar-refractivity contribution in [3.63, 3.8) is 0 Å². The number of likely N-dealkylation sites (tertiary alicyclic amines) is 1. The Hall–Kier alpha value is -1.14. The van der Waals surface area contributed by atoms with Gasteiger partial charge in [0.1, 0.15) is 6.10 Å². The summed E-state index contributed by atoms with van der Waals surface area (Å²) < 4.78 is 5.91. The standard InChI is InChI=1S/C20H25NO3S2/c1-2-18(22)24-17-10-15-12-21(19(23)14-6-4-3-5-7-14)13-16(11-17)20(15)25-8-9-26-20/h3-7,15-17H,2,8-13H2,1H3/t15-,16-/m1/s1. The predicted octanol–water partition coefficient (Wildman–Crippen LogP) is 3.67. The molecule has 1 spiro atoms. The molecular weight excluding hydrogens is 366 g/mol. The van der Waals surface area contributed by atoms with Crippen molar-refractivity contribution in [3.8, 4) is 0 Å². The van der Waals surface area contributed by atoms with Crippen LogP contribution in [0.15, 0.2) is 30.3 Å². The minimum atomic E-state index is -0.104. The molecule has 1 saturated carbocycles. The van der Waals surface area contributed by atoms with Crippen molar-refractivity contribution in [1.82, 2.24) is 4.90 Å². The number of ether oxygens (including phenoxy) is 1. The van der Waals surface area contributed by atoms with Gasteiger partial charge >= 0.3 is 5.97 Å². The maximum absolute atomic E-state index is 13.0. The van der Waals surface area contributed by atoms with E-state index in [2.05, 4.69) is 23.5 Å². The lowest BCUT2D eigenvalue weighted by Crippen LogP contribution is -2.59. The van der Waals surface area contributed by atoms with Crippen molar-refractivity contribution in [3.05, 3.63) is 35.9 Å². The molecule has 26 heavy (non-hydrogen) atoms. The third kappa shape index (κ3) is 3.26. The largest absolute Gasteiger partial charge is 0.462 e. The Morgan fingerprint density at radius 1 is 1.12 bits per heavy atom. The second-order valence-corrected chi connectivity index (χ2v) is 10.3. The smallest absolute Gasteiger partial charge is 0.305 e. The molecule has 0 N–H and O–H groups in total. The van der Waals surface area contributed by atoms with Crippen molar-refractivity contribution in [2.75, 3.05) is 24.6 Å². The van der Waals surface area contributed by atoms with Gasteiger partial charge in [0.15, 0.2) is 0 Å². The lowest BCUT2D eigenvalue weighted by molar-refractivity contribution is -0.153. The molecule has 0 aromatic heterocycles. The van der Waals surface area contributed by atoms with Gasteiger partial charge in [-0.3, -0.25) is 9.59 Å². The average molecular weight is 392 g/mol. The zero-order valence-corrected chi connectivity index (χ0v) is 16.7. The summed E-state index contributed by atoms with van der Waals surface area (Å²) in [6.45, 7) is 3.38. The zero-order valence-electron chi connectivity index (χ0n) is 15.1. The molecule has 140 valence electrons. The number of esters is 1. The number of piperidine rings is 1. The molecule has 2 bridgehead atoms. The highest BCUT2D eigenvalue weighted by Gasteiger charge is 2.57. The number of hydrogen-bond donors (Lipinski definition) is 0. The SMILES string of the molecule is CCC(=O)OC1C[C@@H]2CN(C(=O)c3ccccc3)C[C@@H](C1)C21SCCS1. The van der Waals surface area contributed by atoms with Crippen molar-refractivity contribution in [2.45, 2.75) is 36.4 Å². The Bertz CT molecular complexity index is 657. The molecule has 2 aliphatic heterocycles. The van der Waals surface area contributed by atoms with E-state index in [9.17, 15) is 9.59 Å². The van der Waals surface area contributed by atoms with Crippen LogP contribution >= 0.6 is 23.5 Å². The van der Waals surface area contributed by atoms with Crippen molar-refractivity contribution < 1.29 is 14.3 Å². The van der Waals surface area contributed by atoms with Gasteiger partial charge < -0.3 is 9.64 Å². The van der Waals surface area contributed by atoms with E-state index >= 15 is 0 Å². The van der Waals surface area contributed by atoms with E-state index in [0.29, 0.717) is 18.3 Å². The fourth-order valence-corrected chi connectivity index (χ4v) is 8.38. The van der Waals surface area contributed by atoms with E-state index in [1.165, 1.54) is 11.5 Å². The van der Waals surface area contributed by atoms with Crippen LogP contribution in [-0.2, 0) is 9.53 Å². The molecule has 3 aliphatic rings. The van der Waals surface area contributed by atoms with E-state index < -0.39 is 0 Å². The van der Waals surface area contributed by atoms with Gasteiger partial charge in [0.05, 0.1) is 4.08 Å². The Labute approximate surface area is 163 Å². The first-order valence-corrected chi connectivity index (χ1v) is 11.4. The van der Waals surface area contributed by atoms with Crippen LogP contribution in [0.2, 0.25) is 0 Å². The minimum absolute atomic E-state index is 0.0128. The van der Waals surface area contributed by atoms with E-state index in [1.54, 1.807) is 0 Å². The monoisotopic (exact) mass is 391 g/mol. The van der Waals surface area contributed by atoms with Crippen LogP contribution in [0.1, 0.15) is 36.5 Å². The van der Waals surface area contributed by atoms with Gasteiger partial charge in [-0.1, -0.05) is 25.1 Å². The van der Waals surface area contributed by atoms with E-state index in [1.807, 2.05) is 42.2 Å². The Kier molecular flexibility index (Phi) is 5.24. The fraction of sp³-hybridized carbons (Fsp3) is 0.600. The van der Waals surface area contributed by atoms with E-state index in [4.69, 9.17) is 4.74 Å². The van der Waals surface area contributed by atoms with Gasteiger partial charge in [-0.15, -0.1) is 23.5 Å². The topological polar surface area (TPSA) is 46.6 Å². The van der Waals surface area contributed by atoms with Gasteiger partial charge in [0.2, 0.25) is 0 Å². The molecule has 3 fully saturated rings. The third-order valence-corrected chi connectivity index (χ3v) is 9.77.